The summed E-state index contributed by atoms with van der Waals surface area (Å²) in [5.41, 5.74) is 1.02. The van der Waals surface area contributed by atoms with Crippen LogP contribution >= 0.6 is 22.6 Å². The van der Waals surface area contributed by atoms with Crippen LogP contribution in [0.3, 0.4) is 0 Å². The van der Waals surface area contributed by atoms with Crippen LogP contribution in [0, 0.1) is 13.7 Å². The first kappa shape index (κ1) is 14.4. The van der Waals surface area contributed by atoms with Gasteiger partial charge in [0.2, 0.25) is 0 Å². The molecule has 0 saturated carbocycles. The van der Waals surface area contributed by atoms with Gasteiger partial charge in [-0.25, -0.2) is 0 Å². The Labute approximate surface area is 128 Å². The van der Waals surface area contributed by atoms with E-state index in [1.165, 1.54) is 12.1 Å². The molecule has 0 spiro atoms. The van der Waals surface area contributed by atoms with Crippen LogP contribution in [0.5, 0.6) is 0 Å². The van der Waals surface area contributed by atoms with Crippen molar-refractivity contribution in [1.82, 2.24) is 10.2 Å². The first-order chi connectivity index (χ1) is 9.52. The van der Waals surface area contributed by atoms with Gasteiger partial charge < -0.3 is 5.32 Å². The minimum atomic E-state index is -0.527. The van der Waals surface area contributed by atoms with Gasteiger partial charge in [-0.1, -0.05) is 6.92 Å². The standard InChI is InChI=1S/C12H11IN4O3/c1-2-7-6-14-16-11(7)15-12(18)9-5-8(17(19)20)3-4-10(9)13/h3-6H,2H2,1H3,(H2,14,15,16,18). The molecule has 1 amide bonds. The zero-order chi connectivity index (χ0) is 14.7. The molecule has 2 aromatic rings. The number of benzene rings is 1. The van der Waals surface area contributed by atoms with Gasteiger partial charge in [0.05, 0.1) is 16.7 Å². The summed E-state index contributed by atoms with van der Waals surface area (Å²) < 4.78 is 0.642. The minimum absolute atomic E-state index is 0.115. The molecular weight excluding hydrogens is 375 g/mol. The lowest BCUT2D eigenvalue weighted by Gasteiger charge is -2.06. The van der Waals surface area contributed by atoms with Gasteiger partial charge in [0.25, 0.3) is 11.6 Å². The SMILES string of the molecule is CCc1cn[nH]c1NC(=O)c1cc([N+](=O)[O-])ccc1I. The van der Waals surface area contributed by atoms with Crippen molar-refractivity contribution in [3.8, 4) is 0 Å². The van der Waals surface area contributed by atoms with Gasteiger partial charge in [-0.05, 0) is 35.1 Å². The number of carbonyl (C=O) groups is 1. The minimum Gasteiger partial charge on any atom is -0.307 e. The van der Waals surface area contributed by atoms with Gasteiger partial charge in [-0.15, -0.1) is 0 Å². The van der Waals surface area contributed by atoms with Crippen molar-refractivity contribution < 1.29 is 9.72 Å². The number of hydrogen-bond acceptors (Lipinski definition) is 4. The molecule has 0 aliphatic carbocycles. The third kappa shape index (κ3) is 2.95. The maximum absolute atomic E-state index is 12.2. The summed E-state index contributed by atoms with van der Waals surface area (Å²) in [6.07, 6.45) is 2.35. The van der Waals surface area contributed by atoms with E-state index in [9.17, 15) is 14.9 Å². The van der Waals surface area contributed by atoms with E-state index in [2.05, 4.69) is 15.5 Å². The molecule has 0 unspecified atom stereocenters. The Hall–Kier alpha value is -1.97. The number of aryl methyl sites for hydroxylation is 1. The van der Waals surface area contributed by atoms with E-state index in [1.807, 2.05) is 29.5 Å². The second-order valence-electron chi connectivity index (χ2n) is 4.00. The van der Waals surface area contributed by atoms with Crippen LogP contribution < -0.4 is 5.32 Å². The molecule has 0 bridgehead atoms. The molecule has 0 saturated heterocycles. The second kappa shape index (κ2) is 5.99. The van der Waals surface area contributed by atoms with Gasteiger partial charge in [-0.2, -0.15) is 5.10 Å². The molecule has 1 heterocycles. The summed E-state index contributed by atoms with van der Waals surface area (Å²) in [6.45, 7) is 1.94. The van der Waals surface area contributed by atoms with Crippen molar-refractivity contribution in [3.63, 3.8) is 0 Å². The lowest BCUT2D eigenvalue weighted by atomic mass is 10.2. The Bertz CT molecular complexity index is 668. The number of non-ortho nitro benzene ring substituents is 1. The van der Waals surface area contributed by atoms with Crippen molar-refractivity contribution in [2.45, 2.75) is 13.3 Å². The van der Waals surface area contributed by atoms with Crippen LogP contribution in [-0.4, -0.2) is 21.0 Å². The molecule has 2 N–H and O–H groups in total. The maximum atomic E-state index is 12.2. The van der Waals surface area contributed by atoms with Crippen LogP contribution in [0.1, 0.15) is 22.8 Å². The van der Waals surface area contributed by atoms with E-state index < -0.39 is 10.8 Å². The number of rotatable bonds is 4. The molecule has 0 aliphatic heterocycles. The highest BCUT2D eigenvalue weighted by Crippen LogP contribution is 2.21. The molecule has 1 aromatic heterocycles. The Kier molecular flexibility index (Phi) is 4.32. The van der Waals surface area contributed by atoms with Crippen molar-refractivity contribution in [1.29, 1.82) is 0 Å². The Morgan fingerprint density at radius 2 is 2.30 bits per heavy atom. The Balaban J connectivity index is 2.29. The number of nitrogens with one attached hydrogen (secondary N) is 2. The van der Waals surface area contributed by atoms with E-state index in [1.54, 1.807) is 12.3 Å². The van der Waals surface area contributed by atoms with E-state index in [0.29, 0.717) is 9.39 Å². The highest BCUT2D eigenvalue weighted by atomic mass is 127. The maximum Gasteiger partial charge on any atom is 0.270 e. The summed E-state index contributed by atoms with van der Waals surface area (Å²) in [5.74, 6) is 0.108. The molecule has 104 valence electrons. The number of amides is 1. The lowest BCUT2D eigenvalue weighted by molar-refractivity contribution is -0.384. The number of nitro groups is 1. The molecule has 7 nitrogen and oxygen atoms in total. The van der Waals surface area contributed by atoms with Crippen molar-refractivity contribution in [2.75, 3.05) is 5.32 Å². The molecule has 0 fully saturated rings. The topological polar surface area (TPSA) is 101 Å². The zero-order valence-electron chi connectivity index (χ0n) is 10.5. The number of nitrogens with zero attached hydrogens (tertiary/aromatic N) is 2. The van der Waals surface area contributed by atoms with Crippen molar-refractivity contribution in [3.05, 3.63) is 49.2 Å². The number of H-pyrrole nitrogens is 1. The monoisotopic (exact) mass is 386 g/mol. The fourth-order valence-corrected chi connectivity index (χ4v) is 2.25. The van der Waals surface area contributed by atoms with Crippen LogP contribution in [0.15, 0.2) is 24.4 Å². The van der Waals surface area contributed by atoms with Crippen LogP contribution in [0.2, 0.25) is 0 Å². The predicted molar refractivity (Wildman–Crippen MR) is 81.7 cm³/mol. The number of nitro benzene ring substituents is 1. The molecule has 0 radical (unpaired) electrons. The number of halogens is 1. The first-order valence-corrected chi connectivity index (χ1v) is 6.88. The summed E-state index contributed by atoms with van der Waals surface area (Å²) in [4.78, 5) is 22.4. The number of carbonyl (C=O) groups excluding carboxylic acids is 1. The molecule has 0 atom stereocenters. The number of hydrogen-bond donors (Lipinski definition) is 2. The predicted octanol–water partition coefficient (Wildman–Crippen LogP) is 2.74. The van der Waals surface area contributed by atoms with E-state index in [-0.39, 0.29) is 11.3 Å². The van der Waals surface area contributed by atoms with E-state index in [4.69, 9.17) is 0 Å². The third-order valence-corrected chi connectivity index (χ3v) is 3.68. The fourth-order valence-electron chi connectivity index (χ4n) is 1.67. The van der Waals surface area contributed by atoms with Crippen LogP contribution in [0.25, 0.3) is 0 Å². The van der Waals surface area contributed by atoms with Gasteiger partial charge in [0.15, 0.2) is 0 Å². The average molecular weight is 386 g/mol. The first-order valence-electron chi connectivity index (χ1n) is 5.80. The normalized spacial score (nSPS) is 10.3. The fraction of sp³-hybridized carbons (Fsp3) is 0.167. The lowest BCUT2D eigenvalue weighted by Crippen LogP contribution is -2.15. The third-order valence-electron chi connectivity index (χ3n) is 2.74. The Morgan fingerprint density at radius 3 is 2.95 bits per heavy atom. The quantitative estimate of drug-likeness (QED) is 0.479. The van der Waals surface area contributed by atoms with E-state index in [0.717, 1.165) is 12.0 Å². The van der Waals surface area contributed by atoms with Gasteiger partial charge in [0, 0.05) is 21.3 Å². The molecule has 0 aliphatic rings. The zero-order valence-corrected chi connectivity index (χ0v) is 12.7. The number of aromatic amines is 1. The van der Waals surface area contributed by atoms with Gasteiger partial charge in [0.1, 0.15) is 5.82 Å². The van der Waals surface area contributed by atoms with Crippen LogP contribution in [0.4, 0.5) is 11.5 Å². The summed E-state index contributed by atoms with van der Waals surface area (Å²) in [6, 6.07) is 4.17. The Morgan fingerprint density at radius 1 is 1.55 bits per heavy atom. The highest BCUT2D eigenvalue weighted by molar-refractivity contribution is 14.1. The molecular formula is C12H11IN4O3. The number of aromatic nitrogens is 2. The molecule has 1 aromatic carbocycles. The summed E-state index contributed by atoms with van der Waals surface area (Å²) in [5, 5.41) is 20.0. The summed E-state index contributed by atoms with van der Waals surface area (Å²) >= 11 is 1.97. The summed E-state index contributed by atoms with van der Waals surface area (Å²) in [7, 11) is 0. The van der Waals surface area contributed by atoms with E-state index >= 15 is 0 Å². The number of anilines is 1. The molecule has 8 heteroatoms. The van der Waals surface area contributed by atoms with Crippen LogP contribution in [-0.2, 0) is 6.42 Å². The van der Waals surface area contributed by atoms with Gasteiger partial charge >= 0.3 is 0 Å². The smallest absolute Gasteiger partial charge is 0.270 e. The largest absolute Gasteiger partial charge is 0.307 e. The van der Waals surface area contributed by atoms with Gasteiger partial charge in [-0.3, -0.25) is 20.0 Å². The highest BCUT2D eigenvalue weighted by Gasteiger charge is 2.17. The van der Waals surface area contributed by atoms with Crippen molar-refractivity contribution >= 4 is 40.0 Å². The molecule has 20 heavy (non-hydrogen) atoms. The van der Waals surface area contributed by atoms with Crippen molar-refractivity contribution in [2.24, 2.45) is 0 Å². The molecule has 2 rings (SSSR count). The average Bonchev–Trinajstić information content (AvgIpc) is 2.86. The second-order valence-corrected chi connectivity index (χ2v) is 5.16.